The van der Waals surface area contributed by atoms with Gasteiger partial charge in [-0.3, -0.25) is 4.79 Å². The molecule has 4 heterocycles. The molecule has 0 bridgehead atoms. The molecule has 0 spiro atoms. The van der Waals surface area contributed by atoms with Crippen molar-refractivity contribution in [3.8, 4) is 5.75 Å². The van der Waals surface area contributed by atoms with Gasteiger partial charge in [-0.1, -0.05) is 6.07 Å². The maximum atomic E-state index is 13.3. The topological polar surface area (TPSA) is 119 Å². The van der Waals surface area contributed by atoms with E-state index in [-0.39, 0.29) is 17.7 Å². The number of rotatable bonds is 5. The minimum atomic E-state index is -1.57. The molecule has 9 nitrogen and oxygen atoms in total. The number of pyridine rings is 1. The van der Waals surface area contributed by atoms with Crippen molar-refractivity contribution in [3.05, 3.63) is 47.7 Å². The van der Waals surface area contributed by atoms with Gasteiger partial charge < -0.3 is 24.8 Å². The molecule has 3 aliphatic rings. The molecule has 1 aromatic carbocycles. The molecule has 0 radical (unpaired) electrons. The lowest BCUT2D eigenvalue weighted by Crippen LogP contribution is -2.41. The summed E-state index contributed by atoms with van der Waals surface area (Å²) >= 11 is -1.57. The molecule has 3 aliphatic heterocycles. The van der Waals surface area contributed by atoms with E-state index < -0.39 is 11.5 Å². The smallest absolute Gasteiger partial charge is 0.254 e. The lowest BCUT2D eigenvalue weighted by Gasteiger charge is -2.33. The third kappa shape index (κ3) is 4.92. The van der Waals surface area contributed by atoms with E-state index >= 15 is 0 Å². The van der Waals surface area contributed by atoms with Crippen LogP contribution in [0.5, 0.6) is 5.75 Å². The summed E-state index contributed by atoms with van der Waals surface area (Å²) in [5, 5.41) is 0. The van der Waals surface area contributed by atoms with E-state index in [1.165, 1.54) is 19.3 Å². The third-order valence-corrected chi connectivity index (χ3v) is 7.37. The highest BCUT2D eigenvalue weighted by molar-refractivity contribution is 7.91. The average Bonchev–Trinajstić information content (AvgIpc) is 2.87. The van der Waals surface area contributed by atoms with Crippen LogP contribution in [0, 0.1) is 5.92 Å². The molecular weight excluding hydrogens is 452 g/mol. The van der Waals surface area contributed by atoms with Crippen molar-refractivity contribution >= 4 is 34.8 Å². The fourth-order valence-corrected chi connectivity index (χ4v) is 5.55. The van der Waals surface area contributed by atoms with Gasteiger partial charge >= 0.3 is 0 Å². The maximum Gasteiger partial charge on any atom is 0.254 e. The molecule has 1 amide bonds. The molecule has 3 N–H and O–H groups in total. The van der Waals surface area contributed by atoms with E-state index in [0.717, 1.165) is 38.3 Å². The lowest BCUT2D eigenvalue weighted by atomic mass is 9.98. The quantitative estimate of drug-likeness (QED) is 0.629. The van der Waals surface area contributed by atoms with Crippen LogP contribution in [0.4, 0.5) is 11.5 Å². The standard InChI is InChI=1S/C24H30N6O3S/c25-23-22-19(27-34(32)28-23)7-4-8-20(22)33-16-17-6-5-13-30(15-17)24(31)18-9-10-26-21(14-18)29-11-2-1-3-12-29/h4,7-10,14,17,27H,1-3,5-6,11-13,15-16H2,(H2,25,28)/t17-,34?/m0/s1. The third-order valence-electron chi connectivity index (χ3n) is 6.61. The Morgan fingerprint density at radius 2 is 2.06 bits per heavy atom. The van der Waals surface area contributed by atoms with Crippen molar-refractivity contribution in [2.45, 2.75) is 32.1 Å². The van der Waals surface area contributed by atoms with Crippen LogP contribution in [0.15, 0.2) is 40.9 Å². The van der Waals surface area contributed by atoms with E-state index in [1.54, 1.807) is 12.3 Å². The molecule has 34 heavy (non-hydrogen) atoms. The molecule has 2 fully saturated rings. The second-order valence-electron chi connectivity index (χ2n) is 9.03. The van der Waals surface area contributed by atoms with Crippen LogP contribution in [0.2, 0.25) is 0 Å². The number of hydrogen-bond acceptors (Lipinski definition) is 8. The van der Waals surface area contributed by atoms with Gasteiger partial charge in [0.25, 0.3) is 5.91 Å². The second kappa shape index (κ2) is 10.1. The van der Waals surface area contributed by atoms with Crippen LogP contribution in [0.25, 0.3) is 0 Å². The number of fused-ring (bicyclic) bond motifs is 1. The van der Waals surface area contributed by atoms with Gasteiger partial charge in [0.15, 0.2) is 5.84 Å². The van der Waals surface area contributed by atoms with E-state index in [0.29, 0.717) is 35.7 Å². The number of nitrogens with zero attached hydrogens (tertiary/aromatic N) is 4. The number of carbonyl (C=O) groups excluding carboxylic acids is 1. The summed E-state index contributed by atoms with van der Waals surface area (Å²) in [5.41, 5.74) is 7.98. The van der Waals surface area contributed by atoms with Crippen molar-refractivity contribution < 1.29 is 14.1 Å². The highest BCUT2D eigenvalue weighted by Crippen LogP contribution is 2.31. The number of benzene rings is 1. The minimum Gasteiger partial charge on any atom is -0.566 e. The number of nitrogens with two attached hydrogens (primary N) is 1. The largest absolute Gasteiger partial charge is 0.566 e. The van der Waals surface area contributed by atoms with Gasteiger partial charge in [0.1, 0.15) is 11.6 Å². The summed E-state index contributed by atoms with van der Waals surface area (Å²) in [6.07, 6.45) is 7.26. The van der Waals surface area contributed by atoms with Gasteiger partial charge in [0, 0.05) is 43.9 Å². The molecule has 10 heteroatoms. The Morgan fingerprint density at radius 3 is 2.91 bits per heavy atom. The molecule has 2 aromatic rings. The molecule has 1 unspecified atom stereocenters. The number of likely N-dealkylation sites (tertiary alicyclic amines) is 1. The van der Waals surface area contributed by atoms with Crippen LogP contribution in [-0.4, -0.2) is 59.0 Å². The average molecular weight is 483 g/mol. The molecule has 2 saturated heterocycles. The normalized spacial score (nSPS) is 22.4. The van der Waals surface area contributed by atoms with Gasteiger partial charge in [-0.15, -0.1) is 0 Å². The van der Waals surface area contributed by atoms with Crippen molar-refractivity contribution in [3.63, 3.8) is 0 Å². The predicted molar refractivity (Wildman–Crippen MR) is 133 cm³/mol. The SMILES string of the molecule is NC1=N[S+]([O-])Nc2cccc(OC[C@H]3CCCN(C(=O)c4ccnc(N5CCCCC5)c4)C3)c21. The number of aromatic nitrogens is 1. The van der Waals surface area contributed by atoms with Crippen LogP contribution in [0.3, 0.4) is 0 Å². The van der Waals surface area contributed by atoms with Gasteiger partial charge in [-0.05, 0) is 60.8 Å². The maximum absolute atomic E-state index is 13.3. The first-order chi connectivity index (χ1) is 16.6. The molecule has 5 rings (SSSR count). The summed E-state index contributed by atoms with van der Waals surface area (Å²) < 4.78 is 24.6. The molecule has 1 aromatic heterocycles. The van der Waals surface area contributed by atoms with Crippen molar-refractivity contribution in [1.29, 1.82) is 0 Å². The molecular formula is C24H30N6O3S. The van der Waals surface area contributed by atoms with Crippen LogP contribution in [-0.2, 0) is 11.5 Å². The van der Waals surface area contributed by atoms with E-state index in [1.807, 2.05) is 29.2 Å². The zero-order valence-corrected chi connectivity index (χ0v) is 19.9. The number of carbonyl (C=O) groups is 1. The fraction of sp³-hybridized carbons (Fsp3) is 0.458. The Balaban J connectivity index is 1.23. The highest BCUT2D eigenvalue weighted by Gasteiger charge is 2.28. The Morgan fingerprint density at radius 1 is 1.21 bits per heavy atom. The number of ether oxygens (including phenoxy) is 1. The zero-order chi connectivity index (χ0) is 23.5. The van der Waals surface area contributed by atoms with Gasteiger partial charge in [-0.25, -0.2) is 4.98 Å². The zero-order valence-electron chi connectivity index (χ0n) is 19.1. The fourth-order valence-electron chi connectivity index (χ4n) is 4.88. The minimum absolute atomic E-state index is 0.0468. The number of piperidine rings is 2. The monoisotopic (exact) mass is 482 g/mol. The predicted octanol–water partition coefficient (Wildman–Crippen LogP) is 2.71. The van der Waals surface area contributed by atoms with E-state index in [9.17, 15) is 9.35 Å². The number of amides is 1. The summed E-state index contributed by atoms with van der Waals surface area (Å²) in [7, 11) is 0. The molecule has 0 aliphatic carbocycles. The summed E-state index contributed by atoms with van der Waals surface area (Å²) in [5.74, 6) is 1.95. The summed E-state index contributed by atoms with van der Waals surface area (Å²) in [6, 6.07) is 9.21. The molecule has 0 saturated carbocycles. The van der Waals surface area contributed by atoms with Crippen molar-refractivity contribution in [2.75, 3.05) is 42.4 Å². The van der Waals surface area contributed by atoms with Crippen LogP contribution in [0.1, 0.15) is 48.0 Å². The van der Waals surface area contributed by atoms with Gasteiger partial charge in [-0.2, -0.15) is 4.72 Å². The first-order valence-corrected chi connectivity index (χ1v) is 13.0. The van der Waals surface area contributed by atoms with E-state index in [4.69, 9.17) is 10.5 Å². The van der Waals surface area contributed by atoms with Gasteiger partial charge in [0.2, 0.25) is 11.5 Å². The molecule has 180 valence electrons. The Labute approximate surface area is 202 Å². The summed E-state index contributed by atoms with van der Waals surface area (Å²) in [6.45, 7) is 3.84. The Hall–Kier alpha value is -2.98. The number of amidine groups is 1. The second-order valence-corrected chi connectivity index (χ2v) is 9.91. The summed E-state index contributed by atoms with van der Waals surface area (Å²) in [4.78, 5) is 22.0. The number of hydrogen-bond donors (Lipinski definition) is 2. The number of anilines is 2. The Kier molecular flexibility index (Phi) is 6.77. The van der Waals surface area contributed by atoms with Crippen molar-refractivity contribution in [1.82, 2.24) is 9.88 Å². The number of nitrogens with one attached hydrogen (secondary N) is 1. The van der Waals surface area contributed by atoms with Crippen molar-refractivity contribution in [2.24, 2.45) is 16.0 Å². The van der Waals surface area contributed by atoms with E-state index in [2.05, 4.69) is 19.0 Å². The van der Waals surface area contributed by atoms with Gasteiger partial charge in [0.05, 0.1) is 17.9 Å². The molecule has 2 atom stereocenters. The highest BCUT2D eigenvalue weighted by atomic mass is 32.2. The van der Waals surface area contributed by atoms with Crippen LogP contribution < -0.4 is 20.1 Å². The first kappa shape index (κ1) is 22.8. The van der Waals surface area contributed by atoms with Crippen LogP contribution >= 0.6 is 0 Å². The Bertz CT molecular complexity index is 1070. The lowest BCUT2D eigenvalue weighted by molar-refractivity contribution is 0.0633. The first-order valence-electron chi connectivity index (χ1n) is 11.9.